The second-order valence-electron chi connectivity index (χ2n) is 7.16. The Morgan fingerprint density at radius 1 is 1.03 bits per heavy atom. The minimum absolute atomic E-state index is 0.183. The van der Waals surface area contributed by atoms with Crippen molar-refractivity contribution >= 4 is 29.1 Å². The average Bonchev–Trinajstić information content (AvgIpc) is 2.68. The van der Waals surface area contributed by atoms with Gasteiger partial charge in [-0.15, -0.1) is 0 Å². The quantitative estimate of drug-likeness (QED) is 0.564. The zero-order chi connectivity index (χ0) is 20.9. The minimum Gasteiger partial charge on any atom is -0.384 e. The third-order valence-corrected chi connectivity index (χ3v) is 6.30. The number of rotatable bonds is 7. The van der Waals surface area contributed by atoms with Crippen LogP contribution in [0.2, 0.25) is 5.02 Å². The standard InChI is InChI=1S/C21H25ClF3N3S/c1-27-11-13-28(14-12-27)10-4-9-26-18-15-16(22)7-8-20(18)29-19-6-3-2-5-17(19)21(23,24)25/h2-3,5-8,15,26H,4,9-14H2,1H3. The highest BCUT2D eigenvalue weighted by Gasteiger charge is 2.33. The first-order valence-electron chi connectivity index (χ1n) is 9.61. The third kappa shape index (κ3) is 6.54. The maximum atomic E-state index is 13.3. The van der Waals surface area contributed by atoms with Gasteiger partial charge in [-0.25, -0.2) is 0 Å². The van der Waals surface area contributed by atoms with Gasteiger partial charge in [-0.1, -0.05) is 35.5 Å². The highest BCUT2D eigenvalue weighted by molar-refractivity contribution is 7.99. The van der Waals surface area contributed by atoms with Crippen molar-refractivity contribution in [1.29, 1.82) is 0 Å². The molecule has 0 aliphatic carbocycles. The van der Waals surface area contributed by atoms with Crippen LogP contribution in [0.5, 0.6) is 0 Å². The predicted molar refractivity (Wildman–Crippen MR) is 114 cm³/mol. The summed E-state index contributed by atoms with van der Waals surface area (Å²) in [5.74, 6) is 0. The summed E-state index contributed by atoms with van der Waals surface area (Å²) in [4.78, 5) is 5.67. The van der Waals surface area contributed by atoms with E-state index in [2.05, 4.69) is 22.2 Å². The number of hydrogen-bond acceptors (Lipinski definition) is 4. The number of hydrogen-bond donors (Lipinski definition) is 1. The molecule has 0 amide bonds. The van der Waals surface area contributed by atoms with Crippen molar-refractivity contribution < 1.29 is 13.2 Å². The Bertz CT molecular complexity index is 808. The maximum Gasteiger partial charge on any atom is 0.417 e. The van der Waals surface area contributed by atoms with E-state index < -0.39 is 11.7 Å². The van der Waals surface area contributed by atoms with Crippen LogP contribution in [0.1, 0.15) is 12.0 Å². The molecule has 1 aliphatic heterocycles. The van der Waals surface area contributed by atoms with Crippen LogP contribution in [0.3, 0.4) is 0 Å². The molecule has 1 heterocycles. The van der Waals surface area contributed by atoms with Crippen LogP contribution in [0.25, 0.3) is 0 Å². The number of anilines is 1. The summed E-state index contributed by atoms with van der Waals surface area (Å²) in [6, 6.07) is 10.9. The molecule has 0 spiro atoms. The summed E-state index contributed by atoms with van der Waals surface area (Å²) in [7, 11) is 2.13. The van der Waals surface area contributed by atoms with Gasteiger partial charge in [0.2, 0.25) is 0 Å². The molecule has 1 fully saturated rings. The number of nitrogens with one attached hydrogen (secondary N) is 1. The predicted octanol–water partition coefficient (Wildman–Crippen LogP) is 5.56. The second kappa shape index (κ2) is 10.1. The zero-order valence-electron chi connectivity index (χ0n) is 16.3. The van der Waals surface area contributed by atoms with Gasteiger partial charge in [0, 0.05) is 53.2 Å². The molecule has 2 aromatic rings. The maximum absolute atomic E-state index is 13.3. The molecular weight excluding hydrogens is 419 g/mol. The average molecular weight is 444 g/mol. The molecule has 158 valence electrons. The van der Waals surface area contributed by atoms with Crippen LogP contribution in [0.15, 0.2) is 52.3 Å². The number of nitrogens with zero attached hydrogens (tertiary/aromatic N) is 2. The smallest absolute Gasteiger partial charge is 0.384 e. The lowest BCUT2D eigenvalue weighted by Crippen LogP contribution is -2.44. The molecule has 0 aromatic heterocycles. The molecule has 0 atom stereocenters. The SMILES string of the molecule is CN1CCN(CCCNc2cc(Cl)ccc2Sc2ccccc2C(F)(F)F)CC1. The molecule has 3 nitrogen and oxygen atoms in total. The van der Waals surface area contributed by atoms with Gasteiger partial charge < -0.3 is 15.1 Å². The van der Waals surface area contributed by atoms with E-state index in [4.69, 9.17) is 11.6 Å². The molecule has 0 bridgehead atoms. The van der Waals surface area contributed by atoms with Crippen molar-refractivity contribution in [3.63, 3.8) is 0 Å². The van der Waals surface area contributed by atoms with E-state index in [1.54, 1.807) is 24.3 Å². The van der Waals surface area contributed by atoms with Gasteiger partial charge in [0.1, 0.15) is 0 Å². The van der Waals surface area contributed by atoms with Gasteiger partial charge in [0.25, 0.3) is 0 Å². The largest absolute Gasteiger partial charge is 0.417 e. The summed E-state index contributed by atoms with van der Waals surface area (Å²) in [5, 5.41) is 3.91. The van der Waals surface area contributed by atoms with Crippen molar-refractivity contribution in [2.24, 2.45) is 0 Å². The molecule has 1 N–H and O–H groups in total. The molecule has 2 aromatic carbocycles. The lowest BCUT2D eigenvalue weighted by Gasteiger charge is -2.32. The van der Waals surface area contributed by atoms with Gasteiger partial charge in [0.15, 0.2) is 0 Å². The summed E-state index contributed by atoms with van der Waals surface area (Å²) in [5.41, 5.74) is 0.138. The Hall–Kier alpha value is -1.41. The van der Waals surface area contributed by atoms with Gasteiger partial charge in [0.05, 0.1) is 5.56 Å². The van der Waals surface area contributed by atoms with Crippen LogP contribution in [-0.2, 0) is 6.18 Å². The summed E-state index contributed by atoms with van der Waals surface area (Å²) >= 11 is 7.24. The van der Waals surface area contributed by atoms with Gasteiger partial charge >= 0.3 is 6.18 Å². The fourth-order valence-corrected chi connectivity index (χ4v) is 4.46. The minimum atomic E-state index is -4.38. The number of alkyl halides is 3. The van der Waals surface area contributed by atoms with E-state index in [0.29, 0.717) is 5.02 Å². The fraction of sp³-hybridized carbons (Fsp3) is 0.429. The first-order chi connectivity index (χ1) is 13.8. The molecule has 29 heavy (non-hydrogen) atoms. The van der Waals surface area contributed by atoms with Crippen molar-refractivity contribution in [2.45, 2.75) is 22.4 Å². The van der Waals surface area contributed by atoms with E-state index in [1.807, 2.05) is 0 Å². The molecular formula is C21H25ClF3N3S. The second-order valence-corrected chi connectivity index (χ2v) is 8.68. The Balaban J connectivity index is 1.63. The number of likely N-dealkylation sites (N-methyl/N-ethyl adjacent to an activating group) is 1. The number of piperazine rings is 1. The zero-order valence-corrected chi connectivity index (χ0v) is 17.9. The highest BCUT2D eigenvalue weighted by atomic mass is 35.5. The summed E-state index contributed by atoms with van der Waals surface area (Å²) in [6.45, 7) is 6.05. The van der Waals surface area contributed by atoms with Crippen molar-refractivity contribution in [3.8, 4) is 0 Å². The Labute approximate surface area is 179 Å². The van der Waals surface area contributed by atoms with Crippen LogP contribution < -0.4 is 5.32 Å². The van der Waals surface area contributed by atoms with Crippen LogP contribution >= 0.6 is 23.4 Å². The Kier molecular flexibility index (Phi) is 7.73. The van der Waals surface area contributed by atoms with Crippen molar-refractivity contribution in [3.05, 3.63) is 53.1 Å². The van der Waals surface area contributed by atoms with E-state index in [0.717, 1.165) is 74.1 Å². The third-order valence-electron chi connectivity index (χ3n) is 4.92. The summed E-state index contributed by atoms with van der Waals surface area (Å²) < 4.78 is 39.9. The molecule has 0 saturated carbocycles. The van der Waals surface area contributed by atoms with Gasteiger partial charge in [-0.05, 0) is 50.3 Å². The normalized spacial score (nSPS) is 16.2. The molecule has 1 saturated heterocycles. The first-order valence-corrected chi connectivity index (χ1v) is 10.8. The van der Waals surface area contributed by atoms with E-state index in [9.17, 15) is 13.2 Å². The topological polar surface area (TPSA) is 18.5 Å². The first kappa shape index (κ1) is 22.3. The lowest BCUT2D eigenvalue weighted by atomic mass is 10.2. The van der Waals surface area contributed by atoms with E-state index in [-0.39, 0.29) is 4.90 Å². The van der Waals surface area contributed by atoms with Crippen LogP contribution in [-0.4, -0.2) is 56.1 Å². The molecule has 0 unspecified atom stereocenters. The number of benzene rings is 2. The highest BCUT2D eigenvalue weighted by Crippen LogP contribution is 2.42. The Morgan fingerprint density at radius 3 is 2.48 bits per heavy atom. The van der Waals surface area contributed by atoms with Crippen molar-refractivity contribution in [2.75, 3.05) is 51.6 Å². The molecule has 0 radical (unpaired) electrons. The van der Waals surface area contributed by atoms with Gasteiger partial charge in [-0.3, -0.25) is 0 Å². The van der Waals surface area contributed by atoms with Crippen molar-refractivity contribution in [1.82, 2.24) is 9.80 Å². The van der Waals surface area contributed by atoms with Crippen LogP contribution in [0.4, 0.5) is 18.9 Å². The summed E-state index contributed by atoms with van der Waals surface area (Å²) in [6.07, 6.45) is -3.43. The lowest BCUT2D eigenvalue weighted by molar-refractivity contribution is -0.139. The van der Waals surface area contributed by atoms with E-state index in [1.165, 1.54) is 12.1 Å². The fourth-order valence-electron chi connectivity index (χ4n) is 3.23. The molecule has 3 rings (SSSR count). The number of halogens is 4. The molecule has 1 aliphatic rings. The van der Waals surface area contributed by atoms with Crippen LogP contribution in [0, 0.1) is 0 Å². The monoisotopic (exact) mass is 443 g/mol. The Morgan fingerprint density at radius 2 is 1.76 bits per heavy atom. The molecule has 8 heteroatoms. The van der Waals surface area contributed by atoms with E-state index >= 15 is 0 Å². The van der Waals surface area contributed by atoms with Gasteiger partial charge in [-0.2, -0.15) is 13.2 Å².